The molecule has 0 bridgehead atoms. The highest BCUT2D eigenvalue weighted by atomic mass is 79.9. The highest BCUT2D eigenvalue weighted by molar-refractivity contribution is 9.10. The topological polar surface area (TPSA) is 17.3 Å². The lowest BCUT2D eigenvalue weighted by atomic mass is 10.5. The van der Waals surface area contributed by atoms with Crippen LogP contribution in [0.3, 0.4) is 0 Å². The first-order chi connectivity index (χ1) is 6.47. The van der Waals surface area contributed by atoms with E-state index in [-0.39, 0.29) is 5.65 Å². The Morgan fingerprint density at radius 2 is 2.07 bits per heavy atom. The van der Waals surface area contributed by atoms with Crippen molar-refractivity contribution in [1.82, 2.24) is 9.38 Å². The molecule has 2 heterocycles. The number of fused-ring (bicyclic) bond motifs is 1. The number of halogens is 4. The predicted molar refractivity (Wildman–Crippen MR) is 47.9 cm³/mol. The molecule has 0 aliphatic rings. The Kier molecular flexibility index (Phi) is 2.02. The van der Waals surface area contributed by atoms with Crippen LogP contribution in [0, 0.1) is 0 Å². The number of pyridine rings is 1. The Bertz CT molecular complexity index is 475. The minimum atomic E-state index is -4.39. The number of hydrogen-bond donors (Lipinski definition) is 0. The van der Waals surface area contributed by atoms with E-state index in [1.807, 2.05) is 0 Å². The van der Waals surface area contributed by atoms with Crippen molar-refractivity contribution in [3.05, 3.63) is 34.7 Å². The molecule has 2 aromatic heterocycles. The first-order valence-corrected chi connectivity index (χ1v) is 4.47. The van der Waals surface area contributed by atoms with Gasteiger partial charge in [-0.1, -0.05) is 15.9 Å². The third kappa shape index (κ3) is 1.61. The summed E-state index contributed by atoms with van der Waals surface area (Å²) in [6, 6.07) is 3.17. The molecule has 2 aromatic rings. The van der Waals surface area contributed by atoms with Crippen LogP contribution >= 0.6 is 15.9 Å². The van der Waals surface area contributed by atoms with Gasteiger partial charge in [-0.15, -0.1) is 0 Å². The Labute approximate surface area is 85.5 Å². The zero-order valence-electron chi connectivity index (χ0n) is 6.72. The second kappa shape index (κ2) is 2.98. The van der Waals surface area contributed by atoms with Gasteiger partial charge in [-0.3, -0.25) is 0 Å². The van der Waals surface area contributed by atoms with Gasteiger partial charge in [-0.2, -0.15) is 13.2 Å². The van der Waals surface area contributed by atoms with E-state index in [9.17, 15) is 13.2 Å². The van der Waals surface area contributed by atoms with Crippen molar-refractivity contribution < 1.29 is 13.2 Å². The predicted octanol–water partition coefficient (Wildman–Crippen LogP) is 3.12. The lowest BCUT2D eigenvalue weighted by molar-refractivity contribution is -0.140. The number of aromatic nitrogens is 2. The first-order valence-electron chi connectivity index (χ1n) is 3.68. The number of imidazole rings is 1. The van der Waals surface area contributed by atoms with Crippen LogP contribution in [0.1, 0.15) is 5.69 Å². The molecule has 2 rings (SSSR count). The molecule has 0 fully saturated rings. The fraction of sp³-hybridized carbons (Fsp3) is 0.125. The quantitative estimate of drug-likeness (QED) is 0.715. The van der Waals surface area contributed by atoms with Crippen LogP contribution in [0.4, 0.5) is 13.2 Å². The van der Waals surface area contributed by atoms with Crippen molar-refractivity contribution in [1.29, 1.82) is 0 Å². The maximum absolute atomic E-state index is 12.2. The maximum atomic E-state index is 12.2. The van der Waals surface area contributed by atoms with Gasteiger partial charge < -0.3 is 4.40 Å². The SMILES string of the molecule is FC(F)(F)c1cn2ccc(Br)cc2n1. The largest absolute Gasteiger partial charge is 0.434 e. The Morgan fingerprint density at radius 3 is 2.71 bits per heavy atom. The van der Waals surface area contributed by atoms with Crippen LogP contribution in [0.5, 0.6) is 0 Å². The van der Waals surface area contributed by atoms with Crippen molar-refractivity contribution in [2.24, 2.45) is 0 Å². The van der Waals surface area contributed by atoms with Gasteiger partial charge in [0.25, 0.3) is 0 Å². The molecule has 0 atom stereocenters. The first kappa shape index (κ1) is 9.51. The minimum Gasteiger partial charge on any atom is -0.306 e. The van der Waals surface area contributed by atoms with Crippen LogP contribution in [0.15, 0.2) is 29.0 Å². The zero-order chi connectivity index (χ0) is 10.3. The van der Waals surface area contributed by atoms with Crippen molar-refractivity contribution >= 4 is 21.6 Å². The van der Waals surface area contributed by atoms with Crippen LogP contribution < -0.4 is 0 Å². The van der Waals surface area contributed by atoms with Gasteiger partial charge in [0.2, 0.25) is 0 Å². The molecule has 0 aliphatic heterocycles. The monoisotopic (exact) mass is 264 g/mol. The molecule has 0 N–H and O–H groups in total. The highest BCUT2D eigenvalue weighted by Gasteiger charge is 2.33. The van der Waals surface area contributed by atoms with Crippen LogP contribution in [0.2, 0.25) is 0 Å². The third-order valence-electron chi connectivity index (χ3n) is 1.71. The summed E-state index contributed by atoms with van der Waals surface area (Å²) in [6.07, 6.45) is -1.91. The van der Waals surface area contributed by atoms with Crippen molar-refractivity contribution in [3.63, 3.8) is 0 Å². The standard InChI is InChI=1S/C8H4BrF3N2/c9-5-1-2-14-4-6(8(10,11)12)13-7(14)3-5/h1-4H. The second-order valence-corrected chi connectivity index (χ2v) is 3.65. The average Bonchev–Trinajstić information content (AvgIpc) is 2.45. The van der Waals surface area contributed by atoms with Crippen molar-refractivity contribution in [2.75, 3.05) is 0 Å². The molecule has 0 aromatic carbocycles. The van der Waals surface area contributed by atoms with E-state index >= 15 is 0 Å². The summed E-state index contributed by atoms with van der Waals surface area (Å²) in [4.78, 5) is 3.45. The summed E-state index contributed by atoms with van der Waals surface area (Å²) in [7, 11) is 0. The lowest BCUT2D eigenvalue weighted by Gasteiger charge is -1.98. The molecule has 0 saturated heterocycles. The summed E-state index contributed by atoms with van der Waals surface area (Å²) < 4.78 is 38.7. The molecule has 74 valence electrons. The molecule has 0 amide bonds. The summed E-state index contributed by atoms with van der Waals surface area (Å²) in [5, 5.41) is 0. The maximum Gasteiger partial charge on any atom is 0.434 e. The number of rotatable bonds is 0. The molecule has 14 heavy (non-hydrogen) atoms. The van der Waals surface area contributed by atoms with Gasteiger partial charge >= 0.3 is 6.18 Å². The number of hydrogen-bond acceptors (Lipinski definition) is 1. The van der Waals surface area contributed by atoms with Gasteiger partial charge in [0.15, 0.2) is 5.69 Å². The number of alkyl halides is 3. The van der Waals surface area contributed by atoms with E-state index in [1.165, 1.54) is 16.7 Å². The lowest BCUT2D eigenvalue weighted by Crippen LogP contribution is -2.04. The van der Waals surface area contributed by atoms with Gasteiger partial charge in [0.05, 0.1) is 0 Å². The van der Waals surface area contributed by atoms with Gasteiger partial charge in [-0.05, 0) is 12.1 Å². The average molecular weight is 265 g/mol. The van der Waals surface area contributed by atoms with Gasteiger partial charge in [0, 0.05) is 16.9 Å². The Balaban J connectivity index is 2.63. The van der Waals surface area contributed by atoms with E-state index in [2.05, 4.69) is 20.9 Å². The van der Waals surface area contributed by atoms with Crippen LogP contribution in [-0.2, 0) is 6.18 Å². The molecular formula is C8H4BrF3N2. The molecule has 0 saturated carbocycles. The van der Waals surface area contributed by atoms with Gasteiger partial charge in [-0.25, -0.2) is 4.98 Å². The van der Waals surface area contributed by atoms with E-state index < -0.39 is 11.9 Å². The van der Waals surface area contributed by atoms with E-state index in [0.29, 0.717) is 4.47 Å². The third-order valence-corrected chi connectivity index (χ3v) is 2.21. The number of nitrogens with zero attached hydrogens (tertiary/aromatic N) is 2. The molecular weight excluding hydrogens is 261 g/mol. The van der Waals surface area contributed by atoms with Gasteiger partial charge in [0.1, 0.15) is 5.65 Å². The minimum absolute atomic E-state index is 0.270. The fourth-order valence-electron chi connectivity index (χ4n) is 1.09. The highest BCUT2D eigenvalue weighted by Crippen LogP contribution is 2.28. The molecule has 2 nitrogen and oxygen atoms in total. The van der Waals surface area contributed by atoms with E-state index in [4.69, 9.17) is 0 Å². The summed E-state index contributed by atoms with van der Waals surface area (Å²) >= 11 is 3.16. The smallest absolute Gasteiger partial charge is 0.306 e. The Hall–Kier alpha value is -1.04. The summed E-state index contributed by atoms with van der Waals surface area (Å²) in [5.74, 6) is 0. The molecule has 0 aliphatic carbocycles. The molecule has 0 radical (unpaired) electrons. The van der Waals surface area contributed by atoms with Crippen LogP contribution in [0.25, 0.3) is 5.65 Å². The van der Waals surface area contributed by atoms with Crippen molar-refractivity contribution in [3.8, 4) is 0 Å². The molecule has 6 heteroatoms. The van der Waals surface area contributed by atoms with Crippen LogP contribution in [-0.4, -0.2) is 9.38 Å². The van der Waals surface area contributed by atoms with Crippen molar-refractivity contribution in [2.45, 2.75) is 6.18 Å². The second-order valence-electron chi connectivity index (χ2n) is 2.73. The Morgan fingerprint density at radius 1 is 1.36 bits per heavy atom. The molecule has 0 unspecified atom stereocenters. The summed E-state index contributed by atoms with van der Waals surface area (Å²) in [5.41, 5.74) is -0.609. The fourth-order valence-corrected chi connectivity index (χ4v) is 1.42. The van der Waals surface area contributed by atoms with E-state index in [1.54, 1.807) is 6.07 Å². The molecule has 0 spiro atoms. The van der Waals surface area contributed by atoms with E-state index in [0.717, 1.165) is 6.20 Å². The zero-order valence-corrected chi connectivity index (χ0v) is 8.30. The normalized spacial score (nSPS) is 12.3. The summed E-state index contributed by atoms with van der Waals surface area (Å²) in [6.45, 7) is 0.